The quantitative estimate of drug-likeness (QED) is 0.658. The van der Waals surface area contributed by atoms with Crippen LogP contribution in [-0.2, 0) is 15.7 Å². The van der Waals surface area contributed by atoms with Gasteiger partial charge in [-0.2, -0.15) is 18.3 Å². The third-order valence-corrected chi connectivity index (χ3v) is 4.67. The van der Waals surface area contributed by atoms with Gasteiger partial charge in [0, 0.05) is 0 Å². The zero-order valence-corrected chi connectivity index (χ0v) is 15.1. The molecule has 0 radical (unpaired) electrons. The van der Waals surface area contributed by atoms with E-state index in [2.05, 4.69) is 20.1 Å². The van der Waals surface area contributed by atoms with Gasteiger partial charge in [-0.25, -0.2) is 9.50 Å². The predicted molar refractivity (Wildman–Crippen MR) is 90.7 cm³/mol. The average molecular weight is 419 g/mol. The SMILES string of the molecule is COC(=O)CNC(=O)c1nn2c(C(F)(F)F)cc(-c3cccs3)nc2c1Cl. The van der Waals surface area contributed by atoms with Gasteiger partial charge in [0.15, 0.2) is 17.0 Å². The number of aromatic nitrogens is 3. The molecule has 1 amide bonds. The van der Waals surface area contributed by atoms with Gasteiger partial charge in [0.1, 0.15) is 11.6 Å². The van der Waals surface area contributed by atoms with E-state index < -0.39 is 36.0 Å². The second kappa shape index (κ2) is 7.16. The number of amides is 1. The first-order valence-electron chi connectivity index (χ1n) is 7.27. The monoisotopic (exact) mass is 418 g/mol. The lowest BCUT2D eigenvalue weighted by Gasteiger charge is -2.10. The Morgan fingerprint density at radius 1 is 1.41 bits per heavy atom. The van der Waals surface area contributed by atoms with Gasteiger partial charge in [-0.1, -0.05) is 17.7 Å². The minimum absolute atomic E-state index is 0.0492. The molecule has 0 saturated carbocycles. The molecule has 3 heterocycles. The van der Waals surface area contributed by atoms with Crippen molar-refractivity contribution in [2.75, 3.05) is 13.7 Å². The second-order valence-electron chi connectivity index (χ2n) is 5.16. The summed E-state index contributed by atoms with van der Waals surface area (Å²) < 4.78 is 45.3. The topological polar surface area (TPSA) is 85.6 Å². The number of alkyl halides is 3. The number of thiophene rings is 1. The van der Waals surface area contributed by atoms with Crippen LogP contribution in [0.1, 0.15) is 16.2 Å². The van der Waals surface area contributed by atoms with Crippen molar-refractivity contribution in [2.24, 2.45) is 0 Å². The Bertz CT molecular complexity index is 1020. The number of ether oxygens (including phenoxy) is 1. The number of nitrogens with one attached hydrogen (secondary N) is 1. The molecule has 3 rings (SSSR count). The summed E-state index contributed by atoms with van der Waals surface area (Å²) in [5.74, 6) is -1.67. The molecule has 0 atom stereocenters. The van der Waals surface area contributed by atoms with Gasteiger partial charge in [0.25, 0.3) is 5.91 Å². The minimum atomic E-state index is -4.76. The fraction of sp³-hybridized carbons (Fsp3) is 0.200. The lowest BCUT2D eigenvalue weighted by Crippen LogP contribution is -2.30. The molecule has 0 unspecified atom stereocenters. The Kier molecular flexibility index (Phi) is 5.07. The molecule has 3 aromatic heterocycles. The lowest BCUT2D eigenvalue weighted by molar-refractivity contribution is -0.142. The first kappa shape index (κ1) is 19.1. The Morgan fingerprint density at radius 2 is 2.15 bits per heavy atom. The summed E-state index contributed by atoms with van der Waals surface area (Å²) in [7, 11) is 1.12. The van der Waals surface area contributed by atoms with Crippen LogP contribution < -0.4 is 5.32 Å². The highest BCUT2D eigenvalue weighted by molar-refractivity contribution is 7.13. The number of carbonyl (C=O) groups excluding carboxylic acids is 2. The summed E-state index contributed by atoms with van der Waals surface area (Å²) in [6.45, 7) is -0.487. The largest absolute Gasteiger partial charge is 0.468 e. The number of methoxy groups -OCH3 is 1. The third-order valence-electron chi connectivity index (χ3n) is 3.43. The van der Waals surface area contributed by atoms with Gasteiger partial charge in [-0.15, -0.1) is 11.3 Å². The van der Waals surface area contributed by atoms with Crippen LogP contribution in [0.5, 0.6) is 0 Å². The van der Waals surface area contributed by atoms with Crippen molar-refractivity contribution in [1.29, 1.82) is 0 Å². The van der Waals surface area contributed by atoms with Crippen molar-refractivity contribution in [3.05, 3.63) is 40.0 Å². The highest BCUT2D eigenvalue weighted by atomic mass is 35.5. The molecule has 0 fully saturated rings. The maximum atomic E-state index is 13.5. The predicted octanol–water partition coefficient (Wildman–Crippen LogP) is 3.03. The summed E-state index contributed by atoms with van der Waals surface area (Å²) in [5.41, 5.74) is -1.89. The Balaban J connectivity index is 2.13. The van der Waals surface area contributed by atoms with Crippen LogP contribution in [-0.4, -0.2) is 40.1 Å². The Labute approximate surface area is 158 Å². The van der Waals surface area contributed by atoms with Gasteiger partial charge < -0.3 is 10.1 Å². The van der Waals surface area contributed by atoms with Crippen LogP contribution >= 0.6 is 22.9 Å². The molecule has 0 aromatic carbocycles. The molecule has 0 aliphatic rings. The maximum Gasteiger partial charge on any atom is 0.433 e. The van der Waals surface area contributed by atoms with Crippen molar-refractivity contribution in [2.45, 2.75) is 6.18 Å². The van der Waals surface area contributed by atoms with Gasteiger partial charge >= 0.3 is 12.1 Å². The summed E-state index contributed by atoms with van der Waals surface area (Å²) >= 11 is 7.27. The van der Waals surface area contributed by atoms with E-state index in [1.165, 1.54) is 11.3 Å². The van der Waals surface area contributed by atoms with Crippen LogP contribution in [0, 0.1) is 0 Å². The smallest absolute Gasteiger partial charge is 0.433 e. The number of halogens is 4. The van der Waals surface area contributed by atoms with Gasteiger partial charge in [0.2, 0.25) is 0 Å². The van der Waals surface area contributed by atoms with Crippen molar-refractivity contribution >= 4 is 40.5 Å². The molecular formula is C15H10ClF3N4O3S. The second-order valence-corrected chi connectivity index (χ2v) is 6.48. The highest BCUT2D eigenvalue weighted by Crippen LogP contribution is 2.35. The molecule has 12 heteroatoms. The lowest BCUT2D eigenvalue weighted by atomic mass is 10.2. The van der Waals surface area contributed by atoms with E-state index in [1.807, 2.05) is 0 Å². The molecule has 27 heavy (non-hydrogen) atoms. The molecule has 7 nitrogen and oxygen atoms in total. The average Bonchev–Trinajstić information content (AvgIpc) is 3.26. The molecule has 0 aliphatic heterocycles. The van der Waals surface area contributed by atoms with E-state index in [4.69, 9.17) is 11.6 Å². The normalized spacial score (nSPS) is 11.6. The molecule has 3 aromatic rings. The van der Waals surface area contributed by atoms with Crippen molar-refractivity contribution in [1.82, 2.24) is 19.9 Å². The fourth-order valence-electron chi connectivity index (χ4n) is 2.20. The number of nitrogens with zero attached hydrogens (tertiary/aromatic N) is 3. The number of rotatable bonds is 4. The Morgan fingerprint density at radius 3 is 2.74 bits per heavy atom. The summed E-state index contributed by atoms with van der Waals surface area (Å²) in [6.07, 6.45) is -4.76. The first-order valence-corrected chi connectivity index (χ1v) is 8.53. The van der Waals surface area contributed by atoms with Crippen LogP contribution in [0.4, 0.5) is 13.2 Å². The standard InChI is InChI=1S/C15H10ClF3N4O3S/c1-26-10(24)6-20-14(25)12-11(16)13-21-7(8-3-2-4-27-8)5-9(15(17,18)19)23(13)22-12/h2-5H,6H2,1H3,(H,20,25). The third kappa shape index (κ3) is 3.74. The number of fused-ring (bicyclic) bond motifs is 1. The molecule has 1 N–H and O–H groups in total. The minimum Gasteiger partial charge on any atom is -0.468 e. The van der Waals surface area contributed by atoms with E-state index in [9.17, 15) is 22.8 Å². The van der Waals surface area contributed by atoms with Crippen molar-refractivity contribution in [3.8, 4) is 10.6 Å². The number of carbonyl (C=O) groups is 2. The van der Waals surface area contributed by atoms with Crippen molar-refractivity contribution in [3.63, 3.8) is 0 Å². The summed E-state index contributed by atoms with van der Waals surface area (Å²) in [4.78, 5) is 27.9. The highest BCUT2D eigenvalue weighted by Gasteiger charge is 2.36. The zero-order chi connectivity index (χ0) is 19.8. The van der Waals surface area contributed by atoms with Crippen LogP contribution in [0.25, 0.3) is 16.2 Å². The van der Waals surface area contributed by atoms with Crippen LogP contribution in [0.3, 0.4) is 0 Å². The fourth-order valence-corrected chi connectivity index (χ4v) is 3.13. The zero-order valence-electron chi connectivity index (χ0n) is 13.5. The van der Waals surface area contributed by atoms with E-state index in [-0.39, 0.29) is 16.4 Å². The van der Waals surface area contributed by atoms with Gasteiger partial charge in [0.05, 0.1) is 17.7 Å². The first-order chi connectivity index (χ1) is 12.7. The maximum absolute atomic E-state index is 13.5. The van der Waals surface area contributed by atoms with Crippen LogP contribution in [0.15, 0.2) is 23.6 Å². The van der Waals surface area contributed by atoms with E-state index in [1.54, 1.807) is 17.5 Å². The van der Waals surface area contributed by atoms with Crippen molar-refractivity contribution < 1.29 is 27.5 Å². The van der Waals surface area contributed by atoms with E-state index in [0.717, 1.165) is 13.2 Å². The van der Waals surface area contributed by atoms with E-state index >= 15 is 0 Å². The molecule has 0 spiro atoms. The number of hydrogen-bond donors (Lipinski definition) is 1. The Hall–Kier alpha value is -2.66. The molecule has 0 aliphatic carbocycles. The van der Waals surface area contributed by atoms with E-state index in [0.29, 0.717) is 9.39 Å². The number of hydrogen-bond acceptors (Lipinski definition) is 6. The van der Waals surface area contributed by atoms with Gasteiger partial charge in [-0.05, 0) is 17.5 Å². The van der Waals surface area contributed by atoms with Gasteiger partial charge in [-0.3, -0.25) is 9.59 Å². The molecular weight excluding hydrogens is 409 g/mol. The van der Waals surface area contributed by atoms with Crippen LogP contribution in [0.2, 0.25) is 5.02 Å². The summed E-state index contributed by atoms with van der Waals surface area (Å²) in [5, 5.41) is 7.15. The molecule has 0 bridgehead atoms. The summed E-state index contributed by atoms with van der Waals surface area (Å²) in [6, 6.07) is 4.11. The molecule has 0 saturated heterocycles. The molecule has 142 valence electrons. The number of esters is 1.